The average Bonchev–Trinajstić information content (AvgIpc) is 2.27. The molecule has 0 aliphatic carbocycles. The Bertz CT molecular complexity index is 613. The van der Waals surface area contributed by atoms with E-state index in [1.807, 2.05) is 22.6 Å². The Kier molecular flexibility index (Phi) is 3.51. The molecule has 0 aliphatic heterocycles. The van der Waals surface area contributed by atoms with Crippen LogP contribution in [0.1, 0.15) is 5.56 Å². The lowest BCUT2D eigenvalue weighted by atomic mass is 10.2. The third kappa shape index (κ3) is 2.87. The molecule has 0 N–H and O–H groups in total. The molecule has 3 nitrogen and oxygen atoms in total. The molecule has 0 fully saturated rings. The van der Waals surface area contributed by atoms with Crippen molar-refractivity contribution in [3.8, 4) is 0 Å². The van der Waals surface area contributed by atoms with Gasteiger partial charge in [0.1, 0.15) is 11.6 Å². The third-order valence-electron chi connectivity index (χ3n) is 2.16. The van der Waals surface area contributed by atoms with Gasteiger partial charge < -0.3 is 0 Å². The van der Waals surface area contributed by atoms with Crippen molar-refractivity contribution >= 4 is 22.6 Å². The van der Waals surface area contributed by atoms with Crippen molar-refractivity contribution < 1.29 is 8.78 Å². The first-order chi connectivity index (χ1) is 8.06. The van der Waals surface area contributed by atoms with Crippen molar-refractivity contribution in [1.29, 1.82) is 0 Å². The van der Waals surface area contributed by atoms with E-state index in [4.69, 9.17) is 0 Å². The monoisotopic (exact) mass is 348 g/mol. The molecule has 0 saturated carbocycles. The molecule has 1 aromatic carbocycles. The number of rotatable bonds is 2. The molecule has 0 atom stereocenters. The molecule has 0 unspecified atom stereocenters. The minimum absolute atomic E-state index is 0.0840. The maximum absolute atomic E-state index is 13.4. The lowest BCUT2D eigenvalue weighted by Crippen LogP contribution is -2.23. The number of aromatic nitrogens is 2. The van der Waals surface area contributed by atoms with Crippen LogP contribution in [-0.4, -0.2) is 9.78 Å². The van der Waals surface area contributed by atoms with Gasteiger partial charge in [-0.05, 0) is 40.8 Å². The fourth-order valence-corrected chi connectivity index (χ4v) is 1.75. The molecule has 0 radical (unpaired) electrons. The molecule has 2 aromatic rings. The number of nitrogens with zero attached hydrogens (tertiary/aromatic N) is 2. The number of benzene rings is 1. The van der Waals surface area contributed by atoms with E-state index in [0.29, 0.717) is 3.57 Å². The molecule has 88 valence electrons. The van der Waals surface area contributed by atoms with Gasteiger partial charge in [0.15, 0.2) is 0 Å². The second-order valence-electron chi connectivity index (χ2n) is 3.41. The van der Waals surface area contributed by atoms with Crippen LogP contribution in [0.5, 0.6) is 0 Å². The number of halogens is 3. The zero-order chi connectivity index (χ0) is 12.4. The highest BCUT2D eigenvalue weighted by Crippen LogP contribution is 2.10. The molecular formula is C11H7F2IN2O. The van der Waals surface area contributed by atoms with Crippen LogP contribution >= 0.6 is 22.6 Å². The maximum atomic E-state index is 13.4. The zero-order valence-electron chi connectivity index (χ0n) is 8.53. The smallest absolute Gasteiger partial charge is 0.268 e. The van der Waals surface area contributed by atoms with E-state index < -0.39 is 11.6 Å². The fourth-order valence-electron chi connectivity index (χ4n) is 1.36. The normalized spacial score (nSPS) is 10.5. The molecule has 0 aliphatic rings. The second kappa shape index (κ2) is 4.91. The van der Waals surface area contributed by atoms with E-state index in [0.717, 1.165) is 22.9 Å². The van der Waals surface area contributed by atoms with Crippen LogP contribution in [0.3, 0.4) is 0 Å². The van der Waals surface area contributed by atoms with E-state index in [9.17, 15) is 13.6 Å². The van der Waals surface area contributed by atoms with Crippen LogP contribution < -0.4 is 5.56 Å². The molecule has 0 spiro atoms. The van der Waals surface area contributed by atoms with Gasteiger partial charge in [-0.1, -0.05) is 0 Å². The van der Waals surface area contributed by atoms with E-state index in [1.165, 1.54) is 12.3 Å². The van der Waals surface area contributed by atoms with E-state index in [-0.39, 0.29) is 17.7 Å². The highest BCUT2D eigenvalue weighted by Gasteiger charge is 2.06. The predicted molar refractivity (Wildman–Crippen MR) is 66.7 cm³/mol. The summed E-state index contributed by atoms with van der Waals surface area (Å²) in [5, 5.41) is 3.85. The molecule has 6 heteroatoms. The van der Waals surface area contributed by atoms with Gasteiger partial charge >= 0.3 is 0 Å². The molecule has 0 amide bonds. The summed E-state index contributed by atoms with van der Waals surface area (Å²) in [5.74, 6) is -1.10. The van der Waals surface area contributed by atoms with Crippen LogP contribution in [0, 0.1) is 15.2 Å². The summed E-state index contributed by atoms with van der Waals surface area (Å²) in [6, 6.07) is 4.50. The molecule has 1 heterocycles. The van der Waals surface area contributed by atoms with Gasteiger partial charge in [0.25, 0.3) is 5.56 Å². The van der Waals surface area contributed by atoms with Gasteiger partial charge in [0.2, 0.25) is 0 Å². The molecular weight excluding hydrogens is 341 g/mol. The maximum Gasteiger partial charge on any atom is 0.268 e. The second-order valence-corrected chi connectivity index (χ2v) is 4.65. The molecule has 1 aromatic heterocycles. The Morgan fingerprint density at radius 3 is 2.76 bits per heavy atom. The zero-order valence-corrected chi connectivity index (χ0v) is 10.7. The van der Waals surface area contributed by atoms with Gasteiger partial charge in [-0.15, -0.1) is 0 Å². The first kappa shape index (κ1) is 12.2. The van der Waals surface area contributed by atoms with E-state index in [1.54, 1.807) is 0 Å². The van der Waals surface area contributed by atoms with Gasteiger partial charge in [-0.3, -0.25) is 4.79 Å². The lowest BCUT2D eigenvalue weighted by molar-refractivity contribution is 0.556. The summed E-state index contributed by atoms with van der Waals surface area (Å²) >= 11 is 1.96. The minimum atomic E-state index is -0.557. The first-order valence-electron chi connectivity index (χ1n) is 4.73. The van der Waals surface area contributed by atoms with Crippen LogP contribution in [-0.2, 0) is 6.54 Å². The standard InChI is InChI=1S/C11H7F2IN2O/c12-8-1-2-10(13)7(3-8)6-16-11(17)4-9(14)5-15-16/h1-5H,6H2. The molecule has 0 saturated heterocycles. The molecule has 2 rings (SSSR count). The highest BCUT2D eigenvalue weighted by atomic mass is 127. The highest BCUT2D eigenvalue weighted by molar-refractivity contribution is 14.1. The molecule has 17 heavy (non-hydrogen) atoms. The summed E-state index contributed by atoms with van der Waals surface area (Å²) in [7, 11) is 0. The van der Waals surface area contributed by atoms with Gasteiger partial charge in [0.05, 0.1) is 12.7 Å². The van der Waals surface area contributed by atoms with Crippen LogP contribution in [0.2, 0.25) is 0 Å². The van der Waals surface area contributed by atoms with Crippen molar-refractivity contribution in [2.24, 2.45) is 0 Å². The SMILES string of the molecule is O=c1cc(I)cnn1Cc1cc(F)ccc1F. The summed E-state index contributed by atoms with van der Waals surface area (Å²) < 4.78 is 28.1. The Morgan fingerprint density at radius 2 is 2.06 bits per heavy atom. The first-order valence-corrected chi connectivity index (χ1v) is 5.81. The quantitative estimate of drug-likeness (QED) is 0.780. The van der Waals surface area contributed by atoms with Gasteiger partial charge in [-0.25, -0.2) is 13.5 Å². The lowest BCUT2D eigenvalue weighted by Gasteiger charge is -2.05. The Hall–Kier alpha value is -1.31. The average molecular weight is 348 g/mol. The Labute approximate surface area is 109 Å². The summed E-state index contributed by atoms with van der Waals surface area (Å²) in [6.45, 7) is -0.0840. The van der Waals surface area contributed by atoms with E-state index >= 15 is 0 Å². The Morgan fingerprint density at radius 1 is 1.29 bits per heavy atom. The summed E-state index contributed by atoms with van der Waals surface area (Å²) in [6.07, 6.45) is 1.49. The van der Waals surface area contributed by atoms with Crippen molar-refractivity contribution in [2.75, 3.05) is 0 Å². The summed E-state index contributed by atoms with van der Waals surface area (Å²) in [4.78, 5) is 11.5. The number of hydrogen-bond acceptors (Lipinski definition) is 2. The minimum Gasteiger partial charge on any atom is -0.268 e. The van der Waals surface area contributed by atoms with Gasteiger partial charge in [-0.2, -0.15) is 5.10 Å². The van der Waals surface area contributed by atoms with Crippen molar-refractivity contribution in [3.05, 3.63) is 61.6 Å². The van der Waals surface area contributed by atoms with E-state index in [2.05, 4.69) is 5.10 Å². The number of hydrogen-bond donors (Lipinski definition) is 0. The molecule has 0 bridgehead atoms. The van der Waals surface area contributed by atoms with Crippen molar-refractivity contribution in [2.45, 2.75) is 6.54 Å². The van der Waals surface area contributed by atoms with Crippen LogP contribution in [0.25, 0.3) is 0 Å². The van der Waals surface area contributed by atoms with Crippen molar-refractivity contribution in [3.63, 3.8) is 0 Å². The van der Waals surface area contributed by atoms with Crippen LogP contribution in [0.15, 0.2) is 35.3 Å². The predicted octanol–water partition coefficient (Wildman–Crippen LogP) is 2.17. The summed E-state index contributed by atoms with van der Waals surface area (Å²) in [5.41, 5.74) is -0.249. The van der Waals surface area contributed by atoms with Gasteiger partial charge in [0, 0.05) is 15.2 Å². The third-order valence-corrected chi connectivity index (χ3v) is 2.75. The Balaban J connectivity index is 2.38. The fraction of sp³-hybridized carbons (Fsp3) is 0.0909. The largest absolute Gasteiger partial charge is 0.268 e. The van der Waals surface area contributed by atoms with Crippen LogP contribution in [0.4, 0.5) is 8.78 Å². The topological polar surface area (TPSA) is 34.9 Å². The van der Waals surface area contributed by atoms with Crippen molar-refractivity contribution in [1.82, 2.24) is 9.78 Å².